The van der Waals surface area contributed by atoms with Crippen molar-refractivity contribution >= 4 is 5.97 Å². The Labute approximate surface area is 73.6 Å². The van der Waals surface area contributed by atoms with E-state index >= 15 is 0 Å². The van der Waals surface area contributed by atoms with Gasteiger partial charge in [-0.2, -0.15) is 0 Å². The van der Waals surface area contributed by atoms with Crippen LogP contribution < -0.4 is 0 Å². The SMILES string of the molecule is CC(C)=CCC1CC(C)OC1=O. The normalized spacial score (nSPS) is 28.4. The average molecular weight is 168 g/mol. The highest BCUT2D eigenvalue weighted by Crippen LogP contribution is 2.24. The van der Waals surface area contributed by atoms with Crippen molar-refractivity contribution in [2.45, 2.75) is 39.7 Å². The lowest BCUT2D eigenvalue weighted by Crippen LogP contribution is -2.06. The Kier molecular flexibility index (Phi) is 2.90. The lowest BCUT2D eigenvalue weighted by Gasteiger charge is -1.99. The fourth-order valence-corrected chi connectivity index (χ4v) is 1.41. The van der Waals surface area contributed by atoms with Crippen molar-refractivity contribution in [3.8, 4) is 0 Å². The van der Waals surface area contributed by atoms with Gasteiger partial charge >= 0.3 is 5.97 Å². The van der Waals surface area contributed by atoms with Crippen LogP contribution in [0.1, 0.15) is 33.6 Å². The Morgan fingerprint density at radius 3 is 2.75 bits per heavy atom. The van der Waals surface area contributed by atoms with E-state index in [1.54, 1.807) is 0 Å². The van der Waals surface area contributed by atoms with Crippen LogP contribution in [-0.2, 0) is 9.53 Å². The van der Waals surface area contributed by atoms with E-state index in [9.17, 15) is 4.79 Å². The summed E-state index contributed by atoms with van der Waals surface area (Å²) in [5.74, 6) is 0.0786. The number of hydrogen-bond donors (Lipinski definition) is 0. The summed E-state index contributed by atoms with van der Waals surface area (Å²) in [5.41, 5.74) is 1.27. The summed E-state index contributed by atoms with van der Waals surface area (Å²) in [6.45, 7) is 6.04. The van der Waals surface area contributed by atoms with Crippen LogP contribution in [0.4, 0.5) is 0 Å². The standard InChI is InChI=1S/C10H16O2/c1-7(2)4-5-9-6-8(3)12-10(9)11/h4,8-9H,5-6H2,1-3H3. The van der Waals surface area contributed by atoms with Gasteiger partial charge in [0, 0.05) is 0 Å². The number of carbonyl (C=O) groups excluding carboxylic acids is 1. The van der Waals surface area contributed by atoms with Crippen molar-refractivity contribution in [1.82, 2.24) is 0 Å². The van der Waals surface area contributed by atoms with Crippen molar-refractivity contribution in [2.24, 2.45) is 5.92 Å². The molecule has 1 rings (SSSR count). The molecule has 0 aromatic rings. The van der Waals surface area contributed by atoms with Crippen LogP contribution in [0.3, 0.4) is 0 Å². The molecule has 1 aliphatic rings. The maximum absolute atomic E-state index is 11.1. The first-order valence-electron chi connectivity index (χ1n) is 4.43. The predicted octanol–water partition coefficient (Wildman–Crippen LogP) is 2.29. The lowest BCUT2D eigenvalue weighted by atomic mass is 10.0. The summed E-state index contributed by atoms with van der Waals surface area (Å²) in [6, 6.07) is 0. The Balaban J connectivity index is 2.43. The molecule has 2 heteroatoms. The fraction of sp³-hybridized carbons (Fsp3) is 0.700. The van der Waals surface area contributed by atoms with Crippen molar-refractivity contribution in [3.63, 3.8) is 0 Å². The molecular weight excluding hydrogens is 152 g/mol. The first-order valence-corrected chi connectivity index (χ1v) is 4.43. The monoisotopic (exact) mass is 168 g/mol. The predicted molar refractivity (Wildman–Crippen MR) is 47.7 cm³/mol. The highest BCUT2D eigenvalue weighted by atomic mass is 16.5. The van der Waals surface area contributed by atoms with Crippen LogP contribution in [0.15, 0.2) is 11.6 Å². The number of carbonyl (C=O) groups is 1. The van der Waals surface area contributed by atoms with Crippen LogP contribution in [0.5, 0.6) is 0 Å². The molecule has 0 aliphatic carbocycles. The molecule has 12 heavy (non-hydrogen) atoms. The van der Waals surface area contributed by atoms with E-state index < -0.39 is 0 Å². The van der Waals surface area contributed by atoms with Gasteiger partial charge in [-0.1, -0.05) is 11.6 Å². The third-order valence-electron chi connectivity index (χ3n) is 2.08. The second-order valence-corrected chi connectivity index (χ2v) is 3.70. The summed E-state index contributed by atoms with van der Waals surface area (Å²) in [7, 11) is 0. The van der Waals surface area contributed by atoms with Gasteiger partial charge in [-0.15, -0.1) is 0 Å². The molecule has 2 unspecified atom stereocenters. The number of hydrogen-bond acceptors (Lipinski definition) is 2. The number of allylic oxidation sites excluding steroid dienone is 2. The van der Waals surface area contributed by atoms with Gasteiger partial charge in [-0.05, 0) is 33.6 Å². The van der Waals surface area contributed by atoms with Gasteiger partial charge in [-0.3, -0.25) is 4.79 Å². The second-order valence-electron chi connectivity index (χ2n) is 3.70. The molecule has 0 saturated carbocycles. The summed E-state index contributed by atoms with van der Waals surface area (Å²) < 4.78 is 5.04. The molecule has 1 aliphatic heterocycles. The Bertz CT molecular complexity index is 202. The van der Waals surface area contributed by atoms with E-state index in [1.807, 2.05) is 20.8 Å². The molecule has 0 radical (unpaired) electrons. The fourth-order valence-electron chi connectivity index (χ4n) is 1.41. The first-order chi connectivity index (χ1) is 5.59. The molecule has 0 amide bonds. The van der Waals surface area contributed by atoms with Gasteiger partial charge in [-0.25, -0.2) is 0 Å². The van der Waals surface area contributed by atoms with Gasteiger partial charge < -0.3 is 4.74 Å². The van der Waals surface area contributed by atoms with Gasteiger partial charge in [0.1, 0.15) is 0 Å². The number of rotatable bonds is 2. The Hall–Kier alpha value is -0.790. The van der Waals surface area contributed by atoms with E-state index in [4.69, 9.17) is 4.74 Å². The zero-order chi connectivity index (χ0) is 9.14. The highest BCUT2D eigenvalue weighted by Gasteiger charge is 2.30. The molecule has 0 N–H and O–H groups in total. The average Bonchev–Trinajstić information content (AvgIpc) is 2.26. The Morgan fingerprint density at radius 1 is 1.67 bits per heavy atom. The molecule has 1 fully saturated rings. The summed E-state index contributed by atoms with van der Waals surface area (Å²) in [6.07, 6.45) is 3.94. The first kappa shape index (κ1) is 9.30. The second kappa shape index (κ2) is 3.74. The molecule has 0 aromatic heterocycles. The molecule has 1 heterocycles. The summed E-state index contributed by atoms with van der Waals surface area (Å²) in [5, 5.41) is 0. The van der Waals surface area contributed by atoms with Crippen molar-refractivity contribution in [1.29, 1.82) is 0 Å². The van der Waals surface area contributed by atoms with Crippen LogP contribution >= 0.6 is 0 Å². The van der Waals surface area contributed by atoms with Gasteiger partial charge in [0.25, 0.3) is 0 Å². The quantitative estimate of drug-likeness (QED) is 0.467. The minimum absolute atomic E-state index is 0.0278. The number of esters is 1. The zero-order valence-corrected chi connectivity index (χ0v) is 7.96. The molecule has 1 saturated heterocycles. The number of ether oxygens (including phenoxy) is 1. The molecule has 0 bridgehead atoms. The molecule has 2 atom stereocenters. The summed E-state index contributed by atoms with van der Waals surface area (Å²) >= 11 is 0. The van der Waals surface area contributed by atoms with Crippen LogP contribution in [0, 0.1) is 5.92 Å². The van der Waals surface area contributed by atoms with Gasteiger partial charge in [0.15, 0.2) is 0 Å². The zero-order valence-electron chi connectivity index (χ0n) is 7.96. The molecule has 68 valence electrons. The molecule has 0 spiro atoms. The summed E-state index contributed by atoms with van der Waals surface area (Å²) in [4.78, 5) is 11.1. The highest BCUT2D eigenvalue weighted by molar-refractivity contribution is 5.74. The van der Waals surface area contributed by atoms with Crippen LogP contribution in [0.2, 0.25) is 0 Å². The van der Waals surface area contributed by atoms with Crippen molar-refractivity contribution in [2.75, 3.05) is 0 Å². The maximum Gasteiger partial charge on any atom is 0.309 e. The van der Waals surface area contributed by atoms with Crippen molar-refractivity contribution in [3.05, 3.63) is 11.6 Å². The maximum atomic E-state index is 11.1. The molecule has 2 nitrogen and oxygen atoms in total. The van der Waals surface area contributed by atoms with E-state index in [1.165, 1.54) is 5.57 Å². The lowest BCUT2D eigenvalue weighted by molar-refractivity contribution is -0.143. The largest absolute Gasteiger partial charge is 0.462 e. The minimum Gasteiger partial charge on any atom is -0.462 e. The topological polar surface area (TPSA) is 26.3 Å². The van der Waals surface area contributed by atoms with Crippen molar-refractivity contribution < 1.29 is 9.53 Å². The minimum atomic E-state index is -0.0278. The van der Waals surface area contributed by atoms with Crippen LogP contribution in [0.25, 0.3) is 0 Å². The van der Waals surface area contributed by atoms with Crippen LogP contribution in [-0.4, -0.2) is 12.1 Å². The van der Waals surface area contributed by atoms with Gasteiger partial charge in [0.05, 0.1) is 12.0 Å². The molecule has 0 aromatic carbocycles. The van der Waals surface area contributed by atoms with Gasteiger partial charge in [0.2, 0.25) is 0 Å². The number of cyclic esters (lactones) is 1. The van der Waals surface area contributed by atoms with E-state index in [0.29, 0.717) is 0 Å². The third-order valence-corrected chi connectivity index (χ3v) is 2.08. The smallest absolute Gasteiger partial charge is 0.309 e. The van der Waals surface area contributed by atoms with E-state index in [2.05, 4.69) is 6.08 Å². The molecular formula is C10H16O2. The third kappa shape index (κ3) is 2.36. The Morgan fingerprint density at radius 2 is 2.33 bits per heavy atom. The van der Waals surface area contributed by atoms with E-state index in [0.717, 1.165) is 12.8 Å². The van der Waals surface area contributed by atoms with E-state index in [-0.39, 0.29) is 18.0 Å².